The van der Waals surface area contributed by atoms with Gasteiger partial charge in [-0.1, -0.05) is 12.1 Å². The van der Waals surface area contributed by atoms with Crippen molar-refractivity contribution in [2.75, 3.05) is 32.8 Å². The Morgan fingerprint density at radius 1 is 1.18 bits per heavy atom. The van der Waals surface area contributed by atoms with E-state index in [0.29, 0.717) is 11.3 Å². The molecule has 0 unspecified atom stereocenters. The number of nitrogens with one attached hydrogen (secondary N) is 1. The molecule has 1 aromatic heterocycles. The van der Waals surface area contributed by atoms with E-state index in [1.54, 1.807) is 35.6 Å². The fourth-order valence-corrected chi connectivity index (χ4v) is 4.36. The molecule has 4 rings (SSSR count). The highest BCUT2D eigenvalue weighted by Gasteiger charge is 2.24. The first-order chi connectivity index (χ1) is 13.7. The van der Waals surface area contributed by atoms with Crippen LogP contribution in [0.3, 0.4) is 0 Å². The number of carbonyl (C=O) groups is 1. The maximum Gasteiger partial charge on any atom is 0.260 e. The molecule has 2 heterocycles. The Labute approximate surface area is 167 Å². The lowest BCUT2D eigenvalue weighted by molar-refractivity contribution is -0.917. The van der Waals surface area contributed by atoms with E-state index in [4.69, 9.17) is 15.0 Å². The Balaban J connectivity index is 1.25. The molecule has 28 heavy (non-hydrogen) atoms. The number of nitriles is 1. The molecule has 142 valence electrons. The smallest absolute Gasteiger partial charge is 0.260 e. The number of quaternary nitrogens is 1. The summed E-state index contributed by atoms with van der Waals surface area (Å²) in [7, 11) is 0. The number of ether oxygens (including phenoxy) is 1. The van der Waals surface area contributed by atoms with Crippen LogP contribution in [0.1, 0.15) is 10.6 Å². The zero-order valence-electron chi connectivity index (χ0n) is 15.4. The maximum atomic E-state index is 12.4. The molecule has 1 aliphatic rings. The highest BCUT2D eigenvalue weighted by molar-refractivity contribution is 7.18. The van der Waals surface area contributed by atoms with Crippen molar-refractivity contribution in [3.05, 3.63) is 59.1 Å². The second-order valence-electron chi connectivity index (χ2n) is 6.81. The van der Waals surface area contributed by atoms with E-state index in [-0.39, 0.29) is 12.5 Å². The lowest BCUT2D eigenvalue weighted by Gasteiger charge is -2.31. The van der Waals surface area contributed by atoms with Crippen LogP contribution in [0.4, 0.5) is 0 Å². The van der Waals surface area contributed by atoms with Crippen LogP contribution in [0.2, 0.25) is 0 Å². The molecule has 0 radical (unpaired) electrons. The summed E-state index contributed by atoms with van der Waals surface area (Å²) in [5.41, 5.74) is 1.64. The molecule has 3 aromatic rings. The van der Waals surface area contributed by atoms with Gasteiger partial charge >= 0.3 is 0 Å². The van der Waals surface area contributed by atoms with Gasteiger partial charge in [-0.3, -0.25) is 4.79 Å². The lowest BCUT2D eigenvalue weighted by Crippen LogP contribution is -3.13. The molecular formula is C21H21N4O2S+. The number of benzene rings is 2. The van der Waals surface area contributed by atoms with Crippen molar-refractivity contribution >= 4 is 27.5 Å². The molecule has 0 spiro atoms. The highest BCUT2D eigenvalue weighted by Crippen LogP contribution is 2.20. The second-order valence-corrected chi connectivity index (χ2v) is 7.92. The van der Waals surface area contributed by atoms with Crippen molar-refractivity contribution < 1.29 is 14.4 Å². The summed E-state index contributed by atoms with van der Waals surface area (Å²) in [4.78, 5) is 20.4. The van der Waals surface area contributed by atoms with Gasteiger partial charge in [0.05, 0.1) is 48.0 Å². The van der Waals surface area contributed by atoms with Crippen molar-refractivity contribution in [1.82, 2.24) is 9.88 Å². The monoisotopic (exact) mass is 393 g/mol. The summed E-state index contributed by atoms with van der Waals surface area (Å²) < 4.78 is 6.79. The minimum atomic E-state index is 0.00315. The summed E-state index contributed by atoms with van der Waals surface area (Å²) in [6.45, 7) is 4.23. The van der Waals surface area contributed by atoms with E-state index in [1.807, 2.05) is 17.0 Å². The topological polar surface area (TPSA) is 70.7 Å². The Bertz CT molecular complexity index is 968. The van der Waals surface area contributed by atoms with Gasteiger partial charge in [0.1, 0.15) is 17.3 Å². The lowest BCUT2D eigenvalue weighted by atomic mass is 10.2. The molecule has 1 amide bonds. The molecule has 1 saturated heterocycles. The number of thiazole rings is 1. The van der Waals surface area contributed by atoms with Crippen molar-refractivity contribution in [3.8, 4) is 11.8 Å². The van der Waals surface area contributed by atoms with E-state index < -0.39 is 0 Å². The van der Waals surface area contributed by atoms with Crippen molar-refractivity contribution in [3.63, 3.8) is 0 Å². The molecule has 1 fully saturated rings. The SMILES string of the molecule is N#Cc1ccc(OCC(=O)N2CC[NH+](Cc3nc4ccccc4s3)CC2)cc1. The van der Waals surface area contributed by atoms with E-state index in [1.165, 1.54) is 9.60 Å². The largest absolute Gasteiger partial charge is 0.484 e. The van der Waals surface area contributed by atoms with Gasteiger partial charge in [0.25, 0.3) is 5.91 Å². The minimum absolute atomic E-state index is 0.00315. The van der Waals surface area contributed by atoms with Gasteiger partial charge in [0.2, 0.25) is 0 Å². The Morgan fingerprint density at radius 2 is 1.93 bits per heavy atom. The molecule has 1 N–H and O–H groups in total. The van der Waals surface area contributed by atoms with Crippen LogP contribution in [0.15, 0.2) is 48.5 Å². The third-order valence-corrected chi connectivity index (χ3v) is 5.94. The highest BCUT2D eigenvalue weighted by atomic mass is 32.1. The first-order valence-corrected chi connectivity index (χ1v) is 10.1. The number of piperazine rings is 1. The summed E-state index contributed by atoms with van der Waals surface area (Å²) in [5, 5.41) is 9.96. The van der Waals surface area contributed by atoms with Crippen LogP contribution < -0.4 is 9.64 Å². The van der Waals surface area contributed by atoms with Crippen LogP contribution in [-0.2, 0) is 11.3 Å². The van der Waals surface area contributed by atoms with Gasteiger partial charge in [-0.05, 0) is 36.4 Å². The molecular weight excluding hydrogens is 372 g/mol. The average molecular weight is 393 g/mol. The Morgan fingerprint density at radius 3 is 2.64 bits per heavy atom. The van der Waals surface area contributed by atoms with E-state index >= 15 is 0 Å². The predicted octanol–water partition coefficient (Wildman–Crippen LogP) is 1.47. The summed E-state index contributed by atoms with van der Waals surface area (Å²) in [6.07, 6.45) is 0. The van der Waals surface area contributed by atoms with Crippen molar-refractivity contribution in [1.29, 1.82) is 5.26 Å². The molecule has 0 bridgehead atoms. The number of nitrogens with zero attached hydrogens (tertiary/aromatic N) is 3. The molecule has 0 aliphatic carbocycles. The van der Waals surface area contributed by atoms with Gasteiger partial charge in [-0.2, -0.15) is 5.26 Å². The van der Waals surface area contributed by atoms with Crippen molar-refractivity contribution in [2.24, 2.45) is 0 Å². The minimum Gasteiger partial charge on any atom is -0.484 e. The Hall–Kier alpha value is -2.95. The van der Waals surface area contributed by atoms with Gasteiger partial charge in [-0.25, -0.2) is 4.98 Å². The zero-order chi connectivity index (χ0) is 19.3. The quantitative estimate of drug-likeness (QED) is 0.713. The van der Waals surface area contributed by atoms with E-state index in [9.17, 15) is 4.79 Å². The van der Waals surface area contributed by atoms with Crippen molar-refractivity contribution in [2.45, 2.75) is 6.54 Å². The van der Waals surface area contributed by atoms with Crippen LogP contribution in [0.25, 0.3) is 10.2 Å². The first kappa shape index (κ1) is 18.4. The second kappa shape index (κ2) is 8.38. The first-order valence-electron chi connectivity index (χ1n) is 9.30. The van der Waals surface area contributed by atoms with E-state index in [0.717, 1.165) is 43.2 Å². The number of fused-ring (bicyclic) bond motifs is 1. The predicted molar refractivity (Wildman–Crippen MR) is 107 cm³/mol. The van der Waals surface area contributed by atoms with Crippen LogP contribution in [0.5, 0.6) is 5.75 Å². The van der Waals surface area contributed by atoms with Gasteiger partial charge in [0, 0.05) is 0 Å². The van der Waals surface area contributed by atoms with Gasteiger partial charge in [-0.15, -0.1) is 11.3 Å². The number of amides is 1. The van der Waals surface area contributed by atoms with Gasteiger partial charge < -0.3 is 14.5 Å². The number of hydrogen-bond donors (Lipinski definition) is 1. The molecule has 1 aliphatic heterocycles. The standard InChI is InChI=1S/C21H20N4O2S/c22-13-16-5-7-17(8-6-16)27-15-21(26)25-11-9-24(10-12-25)14-20-23-18-3-1-2-4-19(18)28-20/h1-8H,9-12,14-15H2/p+1. The summed E-state index contributed by atoms with van der Waals surface area (Å²) in [6, 6.07) is 17.1. The molecule has 6 nitrogen and oxygen atoms in total. The normalized spacial score (nSPS) is 14.8. The Kier molecular flexibility index (Phi) is 5.51. The van der Waals surface area contributed by atoms with Crippen LogP contribution >= 0.6 is 11.3 Å². The molecule has 0 atom stereocenters. The third-order valence-electron chi connectivity index (χ3n) is 4.91. The number of para-hydroxylation sites is 1. The summed E-state index contributed by atoms with van der Waals surface area (Å²) in [5.74, 6) is 0.607. The number of carbonyl (C=O) groups excluding carboxylic acids is 1. The third kappa shape index (κ3) is 4.30. The zero-order valence-corrected chi connectivity index (χ0v) is 16.2. The molecule has 2 aromatic carbocycles. The van der Waals surface area contributed by atoms with E-state index in [2.05, 4.69) is 18.2 Å². The molecule has 0 saturated carbocycles. The number of aromatic nitrogens is 1. The van der Waals surface area contributed by atoms with Crippen LogP contribution in [0, 0.1) is 11.3 Å². The molecule has 7 heteroatoms. The fourth-order valence-electron chi connectivity index (χ4n) is 3.32. The number of rotatable bonds is 5. The summed E-state index contributed by atoms with van der Waals surface area (Å²) >= 11 is 1.75. The fraction of sp³-hybridized carbons (Fsp3) is 0.286. The number of hydrogen-bond acceptors (Lipinski definition) is 5. The maximum absolute atomic E-state index is 12.4. The van der Waals surface area contributed by atoms with Gasteiger partial charge in [0.15, 0.2) is 6.61 Å². The van der Waals surface area contributed by atoms with Crippen LogP contribution in [-0.4, -0.2) is 48.6 Å². The average Bonchev–Trinajstić information content (AvgIpc) is 3.15.